The lowest BCUT2D eigenvalue weighted by atomic mass is 10.0. The van der Waals surface area contributed by atoms with Crippen LogP contribution < -0.4 is 10.7 Å². The number of nitrogens with two attached hydrogens (primary N) is 1. The fourth-order valence-electron chi connectivity index (χ4n) is 3.76. The Balaban J connectivity index is 1.83. The zero-order valence-electron chi connectivity index (χ0n) is 18.6. The molecular weight excluding hydrogens is 491 g/mol. The van der Waals surface area contributed by atoms with Crippen LogP contribution >= 0.6 is 0 Å². The normalized spacial score (nSPS) is 11.8. The minimum atomic E-state index is -3.94. The monoisotopic (exact) mass is 508 g/mol. The van der Waals surface area contributed by atoms with E-state index in [2.05, 4.69) is 15.1 Å². The van der Waals surface area contributed by atoms with E-state index in [1.54, 1.807) is 13.0 Å². The number of fused-ring (bicyclic) bond motifs is 2. The number of rotatable bonds is 5. The Morgan fingerprint density at radius 1 is 1.08 bits per heavy atom. The third kappa shape index (κ3) is 3.89. The van der Waals surface area contributed by atoms with Crippen LogP contribution in [0, 0.1) is 5.82 Å². The summed E-state index contributed by atoms with van der Waals surface area (Å²) in [4.78, 5) is 35.1. The second-order valence-electron chi connectivity index (χ2n) is 7.61. The third-order valence-corrected chi connectivity index (χ3v) is 6.30. The van der Waals surface area contributed by atoms with E-state index in [0.29, 0.717) is 16.8 Å². The molecule has 2 aromatic carbocycles. The Morgan fingerprint density at radius 2 is 1.78 bits per heavy atom. The zero-order valence-corrected chi connectivity index (χ0v) is 19.4. The van der Waals surface area contributed by atoms with Crippen LogP contribution in [0.2, 0.25) is 0 Å². The summed E-state index contributed by atoms with van der Waals surface area (Å²) in [6.07, 6.45) is 1.46. The lowest BCUT2D eigenvalue weighted by molar-refractivity contribution is 0.0509. The third-order valence-electron chi connectivity index (χ3n) is 5.37. The molecule has 11 nitrogen and oxygen atoms in total. The summed E-state index contributed by atoms with van der Waals surface area (Å²) in [7, 11) is -3.94. The minimum absolute atomic E-state index is 0.0361. The first-order chi connectivity index (χ1) is 17.2. The first-order valence-corrected chi connectivity index (χ1v) is 12.1. The van der Waals surface area contributed by atoms with Gasteiger partial charge in [0.05, 0.1) is 22.6 Å². The Hall–Kier alpha value is -4.49. The summed E-state index contributed by atoms with van der Waals surface area (Å²) >= 11 is 0. The highest BCUT2D eigenvalue weighted by Crippen LogP contribution is 2.26. The second kappa shape index (κ2) is 8.62. The number of hydrogen-bond donors (Lipinski definition) is 1. The van der Waals surface area contributed by atoms with Gasteiger partial charge in [0.2, 0.25) is 21.6 Å². The molecule has 2 N–H and O–H groups in total. The SMILES string of the molecule is CCOC(=O)c1nn(-c2ccc(S(N)(=O)=O)cc2)c2nc3nccc(-c4ccc(F)cc4)c3c(=O)n12. The lowest BCUT2D eigenvalue weighted by Gasteiger charge is -2.07. The van der Waals surface area contributed by atoms with E-state index < -0.39 is 27.4 Å². The van der Waals surface area contributed by atoms with E-state index in [1.807, 2.05) is 0 Å². The van der Waals surface area contributed by atoms with Crippen LogP contribution in [0.15, 0.2) is 70.5 Å². The van der Waals surface area contributed by atoms with Crippen LogP contribution in [0.1, 0.15) is 17.5 Å². The second-order valence-corrected chi connectivity index (χ2v) is 9.17. The number of hydrogen-bond acceptors (Lipinski definition) is 8. The molecule has 3 aromatic heterocycles. The number of aromatic nitrogens is 5. The van der Waals surface area contributed by atoms with Crippen molar-refractivity contribution in [2.24, 2.45) is 5.14 Å². The average Bonchev–Trinajstić information content (AvgIpc) is 3.24. The predicted octanol–water partition coefficient (Wildman–Crippen LogP) is 2.06. The topological polar surface area (TPSA) is 152 Å². The Kier molecular flexibility index (Phi) is 5.57. The molecule has 0 aliphatic rings. The number of esters is 1. The standard InChI is InChI=1S/C23H17FN6O5S/c1-2-35-22(32)20-28-30(15-7-9-16(10-8-15)36(25,33)34)23-27-19-18(21(31)29(20)23)17(11-12-26-19)13-3-5-14(24)6-4-13/h3-12H,2H2,1H3,(H2,25,33,34). The highest BCUT2D eigenvalue weighted by atomic mass is 32.2. The van der Waals surface area contributed by atoms with Gasteiger partial charge in [-0.1, -0.05) is 12.1 Å². The van der Waals surface area contributed by atoms with Crippen molar-refractivity contribution in [2.75, 3.05) is 6.61 Å². The van der Waals surface area contributed by atoms with Crippen molar-refractivity contribution in [2.45, 2.75) is 11.8 Å². The van der Waals surface area contributed by atoms with Crippen molar-refractivity contribution in [3.05, 3.63) is 82.8 Å². The van der Waals surface area contributed by atoms with E-state index in [0.717, 1.165) is 4.40 Å². The molecule has 0 amide bonds. The van der Waals surface area contributed by atoms with E-state index in [1.165, 1.54) is 59.4 Å². The minimum Gasteiger partial charge on any atom is -0.460 e. The number of halogens is 1. The number of sulfonamides is 1. The number of primary sulfonamides is 1. The number of carbonyl (C=O) groups is 1. The van der Waals surface area contributed by atoms with E-state index in [9.17, 15) is 22.4 Å². The Bertz CT molecular complexity index is 1810. The van der Waals surface area contributed by atoms with Crippen LogP contribution in [0.5, 0.6) is 0 Å². The molecule has 0 aliphatic carbocycles. The molecule has 0 saturated heterocycles. The number of benzene rings is 2. The average molecular weight is 508 g/mol. The van der Waals surface area contributed by atoms with Crippen molar-refractivity contribution < 1.29 is 22.3 Å². The van der Waals surface area contributed by atoms with Crippen molar-refractivity contribution in [1.29, 1.82) is 0 Å². The van der Waals surface area contributed by atoms with Gasteiger partial charge >= 0.3 is 5.97 Å². The largest absolute Gasteiger partial charge is 0.460 e. The predicted molar refractivity (Wildman–Crippen MR) is 127 cm³/mol. The summed E-state index contributed by atoms with van der Waals surface area (Å²) in [5.74, 6) is -1.69. The quantitative estimate of drug-likeness (QED) is 0.354. The molecule has 0 saturated carbocycles. The van der Waals surface area contributed by atoms with E-state index >= 15 is 0 Å². The van der Waals surface area contributed by atoms with Gasteiger partial charge in [0.1, 0.15) is 5.82 Å². The highest BCUT2D eigenvalue weighted by molar-refractivity contribution is 7.89. The number of carbonyl (C=O) groups excluding carboxylic acids is 1. The molecule has 0 atom stereocenters. The highest BCUT2D eigenvalue weighted by Gasteiger charge is 2.25. The van der Waals surface area contributed by atoms with Gasteiger partial charge in [0.15, 0.2) is 5.65 Å². The summed E-state index contributed by atoms with van der Waals surface area (Å²) in [6.45, 7) is 1.64. The molecule has 182 valence electrons. The van der Waals surface area contributed by atoms with Gasteiger partial charge in [0.25, 0.3) is 5.56 Å². The maximum absolute atomic E-state index is 13.8. The molecule has 5 rings (SSSR count). The van der Waals surface area contributed by atoms with Gasteiger partial charge in [-0.15, -0.1) is 5.10 Å². The molecule has 0 radical (unpaired) electrons. The molecular formula is C23H17FN6O5S. The van der Waals surface area contributed by atoms with Crippen LogP contribution in [-0.2, 0) is 14.8 Å². The molecule has 0 aliphatic heterocycles. The van der Waals surface area contributed by atoms with E-state index in [-0.39, 0.29) is 34.1 Å². The fraction of sp³-hybridized carbons (Fsp3) is 0.0870. The van der Waals surface area contributed by atoms with Crippen molar-refractivity contribution in [3.8, 4) is 16.8 Å². The number of nitrogens with zero attached hydrogens (tertiary/aromatic N) is 5. The van der Waals surface area contributed by atoms with Gasteiger partial charge in [-0.05, 0) is 60.5 Å². The summed E-state index contributed by atoms with van der Waals surface area (Å²) in [6, 6.07) is 12.5. The Morgan fingerprint density at radius 3 is 2.42 bits per heavy atom. The molecule has 3 heterocycles. The number of pyridine rings is 1. The molecule has 13 heteroatoms. The molecule has 0 fully saturated rings. The van der Waals surface area contributed by atoms with Gasteiger partial charge in [0, 0.05) is 6.20 Å². The molecule has 0 spiro atoms. The summed E-state index contributed by atoms with van der Waals surface area (Å²) in [5, 5.41) is 9.51. The first-order valence-electron chi connectivity index (χ1n) is 10.6. The van der Waals surface area contributed by atoms with Crippen LogP contribution in [-0.4, -0.2) is 45.1 Å². The van der Waals surface area contributed by atoms with Crippen molar-refractivity contribution >= 4 is 32.8 Å². The smallest absolute Gasteiger partial charge is 0.376 e. The number of ether oxygens (including phenoxy) is 1. The van der Waals surface area contributed by atoms with Crippen LogP contribution in [0.4, 0.5) is 4.39 Å². The van der Waals surface area contributed by atoms with Crippen molar-refractivity contribution in [1.82, 2.24) is 24.1 Å². The summed E-state index contributed by atoms with van der Waals surface area (Å²) < 4.78 is 44.0. The van der Waals surface area contributed by atoms with Crippen molar-refractivity contribution in [3.63, 3.8) is 0 Å². The van der Waals surface area contributed by atoms with Gasteiger partial charge in [-0.3, -0.25) is 4.79 Å². The van der Waals surface area contributed by atoms with Gasteiger partial charge in [-0.25, -0.2) is 32.1 Å². The molecule has 0 unspecified atom stereocenters. The lowest BCUT2D eigenvalue weighted by Crippen LogP contribution is -2.21. The maximum atomic E-state index is 13.8. The van der Waals surface area contributed by atoms with Gasteiger partial charge < -0.3 is 4.74 Å². The van der Waals surface area contributed by atoms with Crippen LogP contribution in [0.25, 0.3) is 33.6 Å². The fourth-order valence-corrected chi connectivity index (χ4v) is 4.27. The van der Waals surface area contributed by atoms with Gasteiger partial charge in [-0.2, -0.15) is 9.67 Å². The summed E-state index contributed by atoms with van der Waals surface area (Å²) in [5.41, 5.74) is 0.715. The Labute approximate surface area is 202 Å². The molecule has 0 bridgehead atoms. The zero-order chi connectivity index (χ0) is 25.6. The van der Waals surface area contributed by atoms with E-state index in [4.69, 9.17) is 9.88 Å². The first kappa shape index (κ1) is 23.3. The van der Waals surface area contributed by atoms with Crippen LogP contribution in [0.3, 0.4) is 0 Å². The maximum Gasteiger partial charge on any atom is 0.376 e. The molecule has 5 aromatic rings. The molecule has 36 heavy (non-hydrogen) atoms.